The van der Waals surface area contributed by atoms with Gasteiger partial charge in [-0.2, -0.15) is 0 Å². The fraction of sp³-hybridized carbons (Fsp3) is 0.350. The third-order valence-electron chi connectivity index (χ3n) is 5.01. The van der Waals surface area contributed by atoms with Crippen LogP contribution in [0.25, 0.3) is 10.9 Å². The van der Waals surface area contributed by atoms with Gasteiger partial charge in [0, 0.05) is 38.6 Å². The van der Waals surface area contributed by atoms with Gasteiger partial charge in [-0.3, -0.25) is 4.79 Å². The molecular formula is C20H23N5O. The number of piperazine rings is 1. The maximum atomic E-state index is 12.8. The van der Waals surface area contributed by atoms with Gasteiger partial charge in [-0.05, 0) is 18.2 Å². The summed E-state index contributed by atoms with van der Waals surface area (Å²) in [7, 11) is 0. The van der Waals surface area contributed by atoms with Crippen molar-refractivity contribution in [3.8, 4) is 0 Å². The van der Waals surface area contributed by atoms with Gasteiger partial charge in [-0.15, -0.1) is 0 Å². The number of nitrogens with zero attached hydrogens (tertiary/aromatic N) is 5. The van der Waals surface area contributed by atoms with E-state index < -0.39 is 0 Å². The third-order valence-corrected chi connectivity index (χ3v) is 5.01. The van der Waals surface area contributed by atoms with E-state index in [1.54, 1.807) is 10.8 Å². The van der Waals surface area contributed by atoms with Crippen molar-refractivity contribution in [1.82, 2.24) is 19.4 Å². The molecule has 6 heteroatoms. The van der Waals surface area contributed by atoms with E-state index in [0.717, 1.165) is 38.3 Å². The molecule has 0 N–H and O–H groups in total. The van der Waals surface area contributed by atoms with Gasteiger partial charge in [0.15, 0.2) is 0 Å². The average molecular weight is 349 g/mol. The molecule has 3 heterocycles. The van der Waals surface area contributed by atoms with E-state index in [1.807, 2.05) is 42.6 Å². The second-order valence-electron chi connectivity index (χ2n) is 6.62. The van der Waals surface area contributed by atoms with Crippen molar-refractivity contribution in [1.29, 1.82) is 0 Å². The maximum Gasteiger partial charge on any atom is 0.261 e. The van der Waals surface area contributed by atoms with Gasteiger partial charge in [0.05, 0.1) is 17.4 Å². The van der Waals surface area contributed by atoms with E-state index in [0.29, 0.717) is 23.4 Å². The number of benzene rings is 1. The zero-order chi connectivity index (χ0) is 17.9. The molecular weight excluding hydrogens is 326 g/mol. The van der Waals surface area contributed by atoms with Crippen LogP contribution in [0.15, 0.2) is 53.6 Å². The van der Waals surface area contributed by atoms with Crippen molar-refractivity contribution in [2.75, 3.05) is 37.6 Å². The Bertz CT molecular complexity index is 945. The fourth-order valence-corrected chi connectivity index (χ4v) is 3.38. The predicted octanol–water partition coefficient (Wildman–Crippen LogP) is 1.98. The lowest BCUT2D eigenvalue weighted by Gasteiger charge is -2.34. The van der Waals surface area contributed by atoms with Crippen molar-refractivity contribution >= 4 is 16.9 Å². The highest BCUT2D eigenvalue weighted by molar-refractivity contribution is 5.77. The van der Waals surface area contributed by atoms with Crippen LogP contribution in [0.5, 0.6) is 0 Å². The second kappa shape index (κ2) is 7.25. The smallest absolute Gasteiger partial charge is 0.261 e. The Morgan fingerprint density at radius 1 is 1.04 bits per heavy atom. The van der Waals surface area contributed by atoms with Crippen molar-refractivity contribution in [3.05, 3.63) is 64.7 Å². The lowest BCUT2D eigenvalue weighted by molar-refractivity contribution is 0.270. The van der Waals surface area contributed by atoms with Gasteiger partial charge in [0.1, 0.15) is 0 Å². The summed E-state index contributed by atoms with van der Waals surface area (Å²) in [6.45, 7) is 7.70. The lowest BCUT2D eigenvalue weighted by atomic mass is 10.2. The molecule has 4 rings (SSSR count). The monoisotopic (exact) mass is 349 g/mol. The van der Waals surface area contributed by atoms with Crippen molar-refractivity contribution in [3.63, 3.8) is 0 Å². The van der Waals surface area contributed by atoms with Crippen LogP contribution in [0.3, 0.4) is 0 Å². The number of anilines is 1. The molecule has 0 saturated carbocycles. The molecule has 6 nitrogen and oxygen atoms in total. The van der Waals surface area contributed by atoms with Crippen LogP contribution in [0.2, 0.25) is 0 Å². The number of hydrogen-bond acceptors (Lipinski definition) is 5. The summed E-state index contributed by atoms with van der Waals surface area (Å²) in [5.74, 6) is 0.716. The minimum Gasteiger partial charge on any atom is -0.338 e. The van der Waals surface area contributed by atoms with Crippen LogP contribution in [-0.4, -0.2) is 52.2 Å². The van der Waals surface area contributed by atoms with Crippen LogP contribution in [0.1, 0.15) is 12.5 Å². The highest BCUT2D eigenvalue weighted by Crippen LogP contribution is 2.15. The maximum absolute atomic E-state index is 12.8. The summed E-state index contributed by atoms with van der Waals surface area (Å²) < 4.78 is 1.71. The normalized spacial score (nSPS) is 15.5. The zero-order valence-electron chi connectivity index (χ0n) is 15.0. The van der Waals surface area contributed by atoms with Gasteiger partial charge in [-0.25, -0.2) is 9.97 Å². The van der Waals surface area contributed by atoms with Gasteiger partial charge < -0.3 is 14.4 Å². The quantitative estimate of drug-likeness (QED) is 0.721. The molecule has 0 aliphatic carbocycles. The number of hydrogen-bond donors (Lipinski definition) is 0. The van der Waals surface area contributed by atoms with E-state index in [1.165, 1.54) is 0 Å². The molecule has 134 valence electrons. The Labute approximate surface area is 152 Å². The third kappa shape index (κ3) is 3.32. The molecule has 1 aliphatic rings. The first-order chi connectivity index (χ1) is 12.7. The second-order valence-corrected chi connectivity index (χ2v) is 6.62. The van der Waals surface area contributed by atoms with Gasteiger partial charge in [0.25, 0.3) is 5.56 Å². The van der Waals surface area contributed by atoms with Gasteiger partial charge in [0.2, 0.25) is 5.95 Å². The Morgan fingerprint density at radius 2 is 1.81 bits per heavy atom. The molecule has 3 aromatic rings. The topological polar surface area (TPSA) is 54.3 Å². The minimum absolute atomic E-state index is 0.0475. The molecule has 0 amide bonds. The van der Waals surface area contributed by atoms with Crippen LogP contribution in [0, 0.1) is 0 Å². The summed E-state index contributed by atoms with van der Waals surface area (Å²) in [5.41, 5.74) is 1.76. The van der Waals surface area contributed by atoms with Crippen molar-refractivity contribution < 1.29 is 0 Å². The van der Waals surface area contributed by atoms with Crippen LogP contribution in [0.4, 0.5) is 5.95 Å². The molecule has 0 radical (unpaired) electrons. The predicted molar refractivity (Wildman–Crippen MR) is 104 cm³/mol. The molecule has 1 aliphatic heterocycles. The number of aromatic nitrogens is 3. The lowest BCUT2D eigenvalue weighted by Crippen LogP contribution is -2.46. The first-order valence-electron chi connectivity index (χ1n) is 9.12. The molecule has 0 bridgehead atoms. The van der Waals surface area contributed by atoms with Crippen LogP contribution < -0.4 is 10.5 Å². The van der Waals surface area contributed by atoms with Gasteiger partial charge >= 0.3 is 0 Å². The van der Waals surface area contributed by atoms with Crippen molar-refractivity contribution in [2.24, 2.45) is 0 Å². The molecule has 1 aromatic carbocycles. The van der Waals surface area contributed by atoms with E-state index in [2.05, 4.69) is 26.7 Å². The Kier molecular flexibility index (Phi) is 4.67. The van der Waals surface area contributed by atoms with E-state index in [4.69, 9.17) is 0 Å². The summed E-state index contributed by atoms with van der Waals surface area (Å²) in [4.78, 5) is 26.5. The highest BCUT2D eigenvalue weighted by atomic mass is 16.1. The number of rotatable bonds is 4. The summed E-state index contributed by atoms with van der Waals surface area (Å²) in [6, 6.07) is 11.9. The first kappa shape index (κ1) is 16.7. The standard InChI is InChI=1S/C20H23N5O/c1-2-23-10-12-24(13-11-23)20-21-14-17-18(22-20)8-9-25(19(17)26)15-16-6-4-3-5-7-16/h3-9,14H,2,10-13,15H2,1H3. The van der Waals surface area contributed by atoms with Gasteiger partial charge in [-0.1, -0.05) is 37.3 Å². The summed E-state index contributed by atoms with van der Waals surface area (Å²) in [5, 5.41) is 0.569. The molecule has 26 heavy (non-hydrogen) atoms. The molecule has 0 unspecified atom stereocenters. The van der Waals surface area contributed by atoms with Crippen LogP contribution in [-0.2, 0) is 6.54 Å². The van der Waals surface area contributed by atoms with Crippen molar-refractivity contribution in [2.45, 2.75) is 13.5 Å². The Morgan fingerprint density at radius 3 is 2.54 bits per heavy atom. The summed E-state index contributed by atoms with van der Waals surface area (Å²) >= 11 is 0. The molecule has 0 spiro atoms. The number of pyridine rings is 1. The van der Waals surface area contributed by atoms with E-state index in [9.17, 15) is 4.79 Å². The largest absolute Gasteiger partial charge is 0.338 e. The minimum atomic E-state index is -0.0475. The molecule has 2 aromatic heterocycles. The zero-order valence-corrected chi connectivity index (χ0v) is 15.0. The van der Waals surface area contributed by atoms with E-state index >= 15 is 0 Å². The van der Waals surface area contributed by atoms with Crippen LogP contribution >= 0.6 is 0 Å². The fourth-order valence-electron chi connectivity index (χ4n) is 3.38. The Hall–Kier alpha value is -2.73. The molecule has 0 atom stereocenters. The molecule has 1 fully saturated rings. The Balaban J connectivity index is 1.60. The SMILES string of the molecule is CCN1CCN(c2ncc3c(=O)n(Cc4ccccc4)ccc3n2)CC1. The van der Waals surface area contributed by atoms with E-state index in [-0.39, 0.29) is 5.56 Å². The molecule has 1 saturated heterocycles. The average Bonchev–Trinajstić information content (AvgIpc) is 2.71. The first-order valence-corrected chi connectivity index (χ1v) is 9.12. The number of likely N-dealkylation sites (N-methyl/N-ethyl adjacent to an activating group) is 1. The number of fused-ring (bicyclic) bond motifs is 1. The summed E-state index contributed by atoms with van der Waals surface area (Å²) in [6.07, 6.45) is 3.50. The highest BCUT2D eigenvalue weighted by Gasteiger charge is 2.18.